The molecule has 0 aliphatic heterocycles. The molecule has 32 heavy (non-hydrogen) atoms. The molecule has 1 aromatic rings. The molecule has 0 aromatic heterocycles. The van der Waals surface area contributed by atoms with Crippen molar-refractivity contribution in [3.05, 3.63) is 21.8 Å². The highest BCUT2D eigenvalue weighted by molar-refractivity contribution is 14.1. The average molecular weight is 791 g/mol. The molecule has 7 N–H and O–H groups in total. The molecule has 0 radical (unpaired) electrons. The number of carbonyl (C=O) groups excluding carboxylic acids is 3. The van der Waals surface area contributed by atoms with Gasteiger partial charge in [-0.15, -0.1) is 0 Å². The number of halogens is 3. The number of nitrogens with one attached hydrogen (secondary N) is 2. The Balaban J connectivity index is 3.71. The standard InChI is InChI=1S/C18H24I3N3O8/c1-7(27)18(32)24(2)15-13(20)10(16(30)22-8(28)3-5-25)12(19)11(14(15)21)17(31)23-9(29)4-6-26/h7-9,25-29H,3-6H2,1-2H3,(H,22,30)(H,23,31). The third-order valence-corrected chi connectivity index (χ3v) is 7.35. The van der Waals surface area contributed by atoms with Gasteiger partial charge in [-0.2, -0.15) is 0 Å². The Morgan fingerprint density at radius 3 is 1.53 bits per heavy atom. The third-order valence-electron chi connectivity index (χ3n) is 4.17. The lowest BCUT2D eigenvalue weighted by Gasteiger charge is -2.26. The number of rotatable bonds is 10. The predicted octanol–water partition coefficient (Wildman–Crippen LogP) is -0.295. The molecule has 3 atom stereocenters. The minimum Gasteiger partial charge on any atom is -0.396 e. The van der Waals surface area contributed by atoms with Gasteiger partial charge >= 0.3 is 0 Å². The fourth-order valence-corrected chi connectivity index (χ4v) is 7.44. The number of hydrogen-bond acceptors (Lipinski definition) is 8. The van der Waals surface area contributed by atoms with Crippen molar-refractivity contribution in [2.75, 3.05) is 25.2 Å². The number of hydrogen-bond donors (Lipinski definition) is 7. The van der Waals surface area contributed by atoms with Gasteiger partial charge in [0.25, 0.3) is 17.7 Å². The SMILES string of the molecule is CC(O)C(=O)N(C)c1c(I)c(C(=O)NC(O)CCO)c(I)c(C(=O)NC(O)CCO)c1I. The lowest BCUT2D eigenvalue weighted by molar-refractivity contribution is -0.125. The Labute approximate surface area is 225 Å². The number of aliphatic hydroxyl groups excluding tert-OH is 5. The average Bonchev–Trinajstić information content (AvgIpc) is 2.67. The highest BCUT2D eigenvalue weighted by atomic mass is 127. The molecule has 180 valence electrons. The summed E-state index contributed by atoms with van der Waals surface area (Å²) in [5, 5.41) is 52.1. The number of likely N-dealkylation sites (N-methyl/N-ethyl adjacent to an activating group) is 1. The number of carbonyl (C=O) groups is 3. The Morgan fingerprint density at radius 2 is 1.22 bits per heavy atom. The van der Waals surface area contributed by atoms with Crippen molar-refractivity contribution in [3.8, 4) is 0 Å². The van der Waals surface area contributed by atoms with Crippen LogP contribution < -0.4 is 15.5 Å². The summed E-state index contributed by atoms with van der Waals surface area (Å²) >= 11 is 5.45. The first-order valence-electron chi connectivity index (χ1n) is 9.24. The highest BCUT2D eigenvalue weighted by Crippen LogP contribution is 2.38. The molecule has 3 unspecified atom stereocenters. The molecule has 0 heterocycles. The molecular formula is C18H24I3N3O8. The van der Waals surface area contributed by atoms with Crippen LogP contribution in [-0.2, 0) is 4.79 Å². The third kappa shape index (κ3) is 7.31. The van der Waals surface area contributed by atoms with E-state index in [1.165, 1.54) is 14.0 Å². The molecule has 0 bridgehead atoms. The molecule has 3 amide bonds. The van der Waals surface area contributed by atoms with Gasteiger partial charge in [0.1, 0.15) is 18.6 Å². The maximum Gasteiger partial charge on any atom is 0.255 e. The predicted molar refractivity (Wildman–Crippen MR) is 140 cm³/mol. The van der Waals surface area contributed by atoms with Crippen molar-refractivity contribution in [1.82, 2.24) is 10.6 Å². The number of benzene rings is 1. The summed E-state index contributed by atoms with van der Waals surface area (Å²) in [6.07, 6.45) is -4.27. The Hall–Kier alpha value is -0.380. The van der Waals surface area contributed by atoms with Crippen LogP contribution in [0.2, 0.25) is 0 Å². The van der Waals surface area contributed by atoms with Crippen LogP contribution in [0.5, 0.6) is 0 Å². The monoisotopic (exact) mass is 791 g/mol. The van der Waals surface area contributed by atoms with E-state index in [-0.39, 0.29) is 53.6 Å². The molecule has 1 aromatic carbocycles. The quantitative estimate of drug-likeness (QED) is 0.125. The Morgan fingerprint density at radius 1 is 0.844 bits per heavy atom. The topological polar surface area (TPSA) is 180 Å². The van der Waals surface area contributed by atoms with Crippen molar-refractivity contribution in [2.24, 2.45) is 0 Å². The van der Waals surface area contributed by atoms with Gasteiger partial charge in [-0.25, -0.2) is 0 Å². The van der Waals surface area contributed by atoms with Gasteiger partial charge in [0.05, 0.1) is 24.0 Å². The fraction of sp³-hybridized carbons (Fsp3) is 0.500. The van der Waals surface area contributed by atoms with Gasteiger partial charge in [-0.05, 0) is 74.7 Å². The van der Waals surface area contributed by atoms with E-state index in [1.807, 2.05) is 45.2 Å². The van der Waals surface area contributed by atoms with E-state index in [2.05, 4.69) is 10.6 Å². The first-order chi connectivity index (χ1) is 14.9. The second-order valence-electron chi connectivity index (χ2n) is 6.62. The van der Waals surface area contributed by atoms with Crippen molar-refractivity contribution in [3.63, 3.8) is 0 Å². The van der Waals surface area contributed by atoms with Crippen LogP contribution in [-0.4, -0.2) is 82.1 Å². The number of amides is 3. The van der Waals surface area contributed by atoms with E-state index in [0.29, 0.717) is 0 Å². The first kappa shape index (κ1) is 29.7. The Bertz CT molecular complexity index is 815. The van der Waals surface area contributed by atoms with E-state index in [1.54, 1.807) is 22.6 Å². The second kappa shape index (κ2) is 13.5. The lowest BCUT2D eigenvalue weighted by atomic mass is 10.1. The summed E-state index contributed by atoms with van der Waals surface area (Å²) in [4.78, 5) is 39.4. The maximum atomic E-state index is 12.9. The van der Waals surface area contributed by atoms with E-state index >= 15 is 0 Å². The van der Waals surface area contributed by atoms with Crippen LogP contribution in [0.4, 0.5) is 5.69 Å². The van der Waals surface area contributed by atoms with E-state index in [0.717, 1.165) is 4.90 Å². The lowest BCUT2D eigenvalue weighted by Crippen LogP contribution is -2.40. The molecule has 1 rings (SSSR count). The van der Waals surface area contributed by atoms with Gasteiger partial charge in [0.2, 0.25) is 0 Å². The van der Waals surface area contributed by atoms with Gasteiger partial charge in [0, 0.05) is 36.7 Å². The van der Waals surface area contributed by atoms with Gasteiger partial charge in [0.15, 0.2) is 0 Å². The molecule has 0 aliphatic rings. The second-order valence-corrected chi connectivity index (χ2v) is 9.85. The Kier molecular flexibility index (Phi) is 12.5. The summed E-state index contributed by atoms with van der Waals surface area (Å²) in [6.45, 7) is 0.550. The van der Waals surface area contributed by atoms with Gasteiger partial charge < -0.3 is 41.1 Å². The molecule has 0 aliphatic carbocycles. The van der Waals surface area contributed by atoms with Crippen LogP contribution >= 0.6 is 67.8 Å². The van der Waals surface area contributed by atoms with E-state index in [9.17, 15) is 29.7 Å². The molecule has 0 spiro atoms. The number of nitrogens with zero attached hydrogens (tertiary/aromatic N) is 1. The zero-order chi connectivity index (χ0) is 24.7. The van der Waals surface area contributed by atoms with Crippen LogP contribution in [0.25, 0.3) is 0 Å². The smallest absolute Gasteiger partial charge is 0.255 e. The van der Waals surface area contributed by atoms with Crippen LogP contribution in [0.15, 0.2) is 0 Å². The van der Waals surface area contributed by atoms with Crippen molar-refractivity contribution < 1.29 is 39.9 Å². The summed E-state index contributed by atoms with van der Waals surface area (Å²) in [7, 11) is 1.38. The highest BCUT2D eigenvalue weighted by Gasteiger charge is 2.32. The zero-order valence-corrected chi connectivity index (χ0v) is 23.6. The van der Waals surface area contributed by atoms with E-state index < -0.39 is 36.3 Å². The molecule has 0 saturated carbocycles. The summed E-state index contributed by atoms with van der Waals surface area (Å²) in [5.74, 6) is -2.18. The molecule has 14 heteroatoms. The van der Waals surface area contributed by atoms with Gasteiger partial charge in [-0.3, -0.25) is 14.4 Å². The number of aliphatic hydroxyl groups is 5. The maximum absolute atomic E-state index is 12.9. The van der Waals surface area contributed by atoms with Crippen molar-refractivity contribution >= 4 is 91.2 Å². The normalized spacial score (nSPS) is 13.8. The van der Waals surface area contributed by atoms with Crippen LogP contribution in [0, 0.1) is 10.7 Å². The largest absolute Gasteiger partial charge is 0.396 e. The number of anilines is 1. The minimum atomic E-state index is -1.35. The summed E-state index contributed by atoms with van der Waals surface area (Å²) in [5.41, 5.74) is 0.164. The summed E-state index contributed by atoms with van der Waals surface area (Å²) < 4.78 is 0.767. The molecule has 0 fully saturated rings. The minimum absolute atomic E-state index is 0.00866. The van der Waals surface area contributed by atoms with E-state index in [4.69, 9.17) is 10.2 Å². The summed E-state index contributed by atoms with van der Waals surface area (Å²) in [6, 6.07) is 0. The van der Waals surface area contributed by atoms with Crippen molar-refractivity contribution in [1.29, 1.82) is 0 Å². The molecular weight excluding hydrogens is 767 g/mol. The fourth-order valence-electron chi connectivity index (χ4n) is 2.57. The molecule has 0 saturated heterocycles. The molecule has 11 nitrogen and oxygen atoms in total. The van der Waals surface area contributed by atoms with Crippen LogP contribution in [0.3, 0.4) is 0 Å². The van der Waals surface area contributed by atoms with Crippen molar-refractivity contribution in [2.45, 2.75) is 38.3 Å². The first-order valence-corrected chi connectivity index (χ1v) is 12.5. The zero-order valence-electron chi connectivity index (χ0n) is 17.1. The van der Waals surface area contributed by atoms with Crippen LogP contribution in [0.1, 0.15) is 40.5 Å². The van der Waals surface area contributed by atoms with Gasteiger partial charge in [-0.1, -0.05) is 0 Å².